The first kappa shape index (κ1) is 16.7. The van der Waals surface area contributed by atoms with Crippen LogP contribution in [-0.2, 0) is 0 Å². The highest BCUT2D eigenvalue weighted by molar-refractivity contribution is 7.94. The van der Waals surface area contributed by atoms with Crippen LogP contribution < -0.4 is 15.4 Å². The van der Waals surface area contributed by atoms with E-state index in [1.165, 1.54) is 30.7 Å². The molecule has 2 aliphatic heterocycles. The molecule has 0 aliphatic carbocycles. The molecule has 8 heteroatoms. The van der Waals surface area contributed by atoms with E-state index in [1.807, 2.05) is 6.20 Å². The molecule has 0 spiro atoms. The van der Waals surface area contributed by atoms with Crippen LogP contribution in [-0.4, -0.2) is 52.0 Å². The molecule has 0 atom stereocenters. The van der Waals surface area contributed by atoms with Gasteiger partial charge in [0.2, 0.25) is 0 Å². The molecule has 7 nitrogen and oxygen atoms in total. The molecule has 0 aromatic carbocycles. The Bertz CT molecular complexity index is 749. The van der Waals surface area contributed by atoms with E-state index in [0.29, 0.717) is 5.56 Å². The smallest absolute Gasteiger partial charge is 0.255 e. The number of pyridine rings is 1. The van der Waals surface area contributed by atoms with Crippen molar-refractivity contribution < 1.29 is 4.79 Å². The van der Waals surface area contributed by atoms with E-state index in [4.69, 9.17) is 5.14 Å². The average molecular weight is 360 g/mol. The zero-order valence-electron chi connectivity index (χ0n) is 14.2. The van der Waals surface area contributed by atoms with Crippen molar-refractivity contribution in [1.29, 1.82) is 0 Å². The molecule has 25 heavy (non-hydrogen) atoms. The van der Waals surface area contributed by atoms with Gasteiger partial charge in [-0.2, -0.15) is 5.10 Å². The van der Waals surface area contributed by atoms with Crippen molar-refractivity contribution >= 4 is 29.2 Å². The lowest BCUT2D eigenvalue weighted by molar-refractivity contribution is 0.0926. The van der Waals surface area contributed by atoms with Crippen LogP contribution >= 0.6 is 12.1 Å². The first-order valence-corrected chi connectivity index (χ1v) is 9.73. The summed E-state index contributed by atoms with van der Waals surface area (Å²) in [5, 5.41) is 13.1. The summed E-state index contributed by atoms with van der Waals surface area (Å²) < 4.78 is 3.91. The van der Waals surface area contributed by atoms with E-state index in [-0.39, 0.29) is 11.9 Å². The van der Waals surface area contributed by atoms with Gasteiger partial charge in [-0.3, -0.25) is 9.93 Å². The van der Waals surface area contributed by atoms with E-state index in [9.17, 15) is 4.79 Å². The molecule has 2 aromatic heterocycles. The summed E-state index contributed by atoms with van der Waals surface area (Å²) in [5.74, 6) is -0.0348. The Morgan fingerprint density at radius 2 is 2.00 bits per heavy atom. The third-order valence-corrected chi connectivity index (χ3v) is 5.82. The maximum Gasteiger partial charge on any atom is 0.255 e. The van der Waals surface area contributed by atoms with Gasteiger partial charge in [0.1, 0.15) is 0 Å². The van der Waals surface area contributed by atoms with Gasteiger partial charge in [-0.1, -0.05) is 0 Å². The number of hydrogen-bond acceptors (Lipinski definition) is 6. The van der Waals surface area contributed by atoms with Crippen molar-refractivity contribution in [3.63, 3.8) is 0 Å². The highest BCUT2D eigenvalue weighted by Gasteiger charge is 2.23. The van der Waals surface area contributed by atoms with Gasteiger partial charge in [-0.15, -0.1) is 0 Å². The normalized spacial score (nSPS) is 19.6. The maximum absolute atomic E-state index is 12.8. The van der Waals surface area contributed by atoms with Crippen LogP contribution in [0.1, 0.15) is 36.0 Å². The molecular formula is C17H24N6OS. The summed E-state index contributed by atoms with van der Waals surface area (Å²) in [4.78, 5) is 15.1. The number of fused-ring (bicyclic) bond motifs is 1. The molecule has 0 bridgehead atoms. The summed E-state index contributed by atoms with van der Waals surface area (Å²) >= 11 is 1.28. The fraction of sp³-hybridized carbons (Fsp3) is 0.529. The van der Waals surface area contributed by atoms with Crippen molar-refractivity contribution in [2.45, 2.75) is 31.7 Å². The molecule has 1 amide bonds. The lowest BCUT2D eigenvalue weighted by Gasteiger charge is -2.29. The monoisotopic (exact) mass is 360 g/mol. The Morgan fingerprint density at radius 1 is 1.24 bits per heavy atom. The van der Waals surface area contributed by atoms with E-state index in [0.717, 1.165) is 44.5 Å². The number of hydrogen-bond donors (Lipinski definition) is 2. The van der Waals surface area contributed by atoms with Crippen molar-refractivity contribution in [1.82, 2.24) is 19.2 Å². The zero-order valence-corrected chi connectivity index (χ0v) is 15.0. The minimum absolute atomic E-state index is 0.0348. The van der Waals surface area contributed by atoms with E-state index in [1.54, 1.807) is 10.7 Å². The SMILES string of the molecule is NSN1CCC(NC(=O)c2cnn3ccc(N4CCCC4)cc23)CC1. The third-order valence-electron chi connectivity index (χ3n) is 5.16. The van der Waals surface area contributed by atoms with Gasteiger partial charge in [0.15, 0.2) is 0 Å². The molecule has 4 rings (SSSR count). The minimum atomic E-state index is -0.0348. The quantitative estimate of drug-likeness (QED) is 0.807. The number of aromatic nitrogens is 2. The van der Waals surface area contributed by atoms with E-state index < -0.39 is 0 Å². The Labute approximate surface area is 151 Å². The lowest BCUT2D eigenvalue weighted by Crippen LogP contribution is -2.43. The Morgan fingerprint density at radius 3 is 2.72 bits per heavy atom. The number of anilines is 1. The largest absolute Gasteiger partial charge is 0.371 e. The van der Waals surface area contributed by atoms with Crippen molar-refractivity contribution in [2.24, 2.45) is 5.14 Å². The van der Waals surface area contributed by atoms with Gasteiger partial charge < -0.3 is 10.2 Å². The van der Waals surface area contributed by atoms with Gasteiger partial charge in [-0.05, 0) is 37.8 Å². The molecule has 4 heterocycles. The number of nitrogens with one attached hydrogen (secondary N) is 1. The number of amides is 1. The molecule has 3 N–H and O–H groups in total. The number of nitrogens with two attached hydrogens (primary N) is 1. The molecule has 134 valence electrons. The van der Waals surface area contributed by atoms with Crippen molar-refractivity contribution in [3.05, 3.63) is 30.1 Å². The van der Waals surface area contributed by atoms with Gasteiger partial charge in [0.25, 0.3) is 5.91 Å². The van der Waals surface area contributed by atoms with Crippen LogP contribution in [0.4, 0.5) is 5.69 Å². The average Bonchev–Trinajstić information content (AvgIpc) is 3.31. The second-order valence-electron chi connectivity index (χ2n) is 6.75. The first-order valence-electron chi connectivity index (χ1n) is 8.89. The van der Waals surface area contributed by atoms with Gasteiger partial charge >= 0.3 is 0 Å². The summed E-state index contributed by atoms with van der Waals surface area (Å²) in [6.07, 6.45) is 7.93. The number of rotatable bonds is 4. The third kappa shape index (κ3) is 3.47. The molecular weight excluding hydrogens is 336 g/mol. The topological polar surface area (TPSA) is 78.9 Å². The molecule has 2 aliphatic rings. The molecule has 2 saturated heterocycles. The molecule has 0 saturated carbocycles. The lowest BCUT2D eigenvalue weighted by atomic mass is 10.1. The van der Waals surface area contributed by atoms with Crippen molar-refractivity contribution in [2.75, 3.05) is 31.1 Å². The van der Waals surface area contributed by atoms with Crippen LogP contribution in [0.3, 0.4) is 0 Å². The van der Waals surface area contributed by atoms with Crippen molar-refractivity contribution in [3.8, 4) is 0 Å². The molecule has 0 radical (unpaired) electrons. The Balaban J connectivity index is 1.50. The van der Waals surface area contributed by atoms with Crippen LogP contribution in [0.15, 0.2) is 24.5 Å². The van der Waals surface area contributed by atoms with Crippen LogP contribution in [0, 0.1) is 0 Å². The number of nitrogens with zero attached hydrogens (tertiary/aromatic N) is 4. The minimum Gasteiger partial charge on any atom is -0.371 e. The second-order valence-corrected chi connectivity index (χ2v) is 7.48. The highest BCUT2D eigenvalue weighted by Crippen LogP contribution is 2.23. The zero-order chi connectivity index (χ0) is 17.2. The predicted octanol–water partition coefficient (Wildman–Crippen LogP) is 1.65. The van der Waals surface area contributed by atoms with Crippen LogP contribution in [0.25, 0.3) is 5.52 Å². The molecule has 0 unspecified atom stereocenters. The number of carbonyl (C=O) groups excluding carboxylic acids is 1. The maximum atomic E-state index is 12.8. The first-order chi connectivity index (χ1) is 12.2. The molecule has 2 aromatic rings. The predicted molar refractivity (Wildman–Crippen MR) is 100 cm³/mol. The number of carbonyl (C=O) groups is 1. The van der Waals surface area contributed by atoms with Crippen LogP contribution in [0.2, 0.25) is 0 Å². The Hall–Kier alpha value is -1.77. The summed E-state index contributed by atoms with van der Waals surface area (Å²) in [6.45, 7) is 3.98. The van der Waals surface area contributed by atoms with Gasteiger partial charge in [-0.25, -0.2) is 8.82 Å². The standard InChI is InChI=1S/C17H24N6OS/c18-25-22-8-3-13(4-9-22)20-17(24)15-12-19-23-10-5-14(11-16(15)23)21-6-1-2-7-21/h5,10-13H,1-4,6-9,18H2,(H,20,24). The highest BCUT2D eigenvalue weighted by atomic mass is 32.2. The van der Waals surface area contributed by atoms with E-state index >= 15 is 0 Å². The van der Waals surface area contributed by atoms with E-state index in [2.05, 4.69) is 31.8 Å². The molecule has 2 fully saturated rings. The van der Waals surface area contributed by atoms with Gasteiger partial charge in [0, 0.05) is 56.2 Å². The fourth-order valence-electron chi connectivity index (χ4n) is 3.69. The van der Waals surface area contributed by atoms with Crippen LogP contribution in [0.5, 0.6) is 0 Å². The summed E-state index contributed by atoms with van der Waals surface area (Å²) in [7, 11) is 0. The fourth-order valence-corrected chi connectivity index (χ4v) is 4.11. The van der Waals surface area contributed by atoms with Gasteiger partial charge in [0.05, 0.1) is 17.3 Å². The second kappa shape index (κ2) is 7.23. The number of piperidine rings is 1. The Kier molecular flexibility index (Phi) is 4.82. The summed E-state index contributed by atoms with van der Waals surface area (Å²) in [6, 6.07) is 4.36. The summed E-state index contributed by atoms with van der Waals surface area (Å²) in [5.41, 5.74) is 2.70.